The Morgan fingerprint density at radius 1 is 1.22 bits per heavy atom. The molecule has 194 valence electrons. The number of hydrogen-bond donors (Lipinski definition) is 1. The van der Waals surface area contributed by atoms with Gasteiger partial charge >= 0.3 is 0 Å². The third-order valence-corrected chi connectivity index (χ3v) is 7.30. The van der Waals surface area contributed by atoms with Crippen LogP contribution in [0.4, 0.5) is 5.69 Å². The molecule has 0 saturated heterocycles. The van der Waals surface area contributed by atoms with E-state index in [1.807, 2.05) is 32.9 Å². The summed E-state index contributed by atoms with van der Waals surface area (Å²) >= 11 is 6.28. The number of hydrogen-bond acceptors (Lipinski definition) is 4. The Hall–Kier alpha value is -2.47. The van der Waals surface area contributed by atoms with Gasteiger partial charge in [0, 0.05) is 47.3 Å². The van der Waals surface area contributed by atoms with Crippen LogP contribution in [-0.2, 0) is 11.3 Å². The number of anilines is 1. The van der Waals surface area contributed by atoms with Gasteiger partial charge in [-0.15, -0.1) is 0 Å². The van der Waals surface area contributed by atoms with Crippen LogP contribution in [0.15, 0.2) is 42.7 Å². The zero-order chi connectivity index (χ0) is 26.5. The van der Waals surface area contributed by atoms with Crippen LogP contribution in [-0.4, -0.2) is 53.4 Å². The molecule has 0 radical (unpaired) electrons. The van der Waals surface area contributed by atoms with Crippen LogP contribution in [0, 0.1) is 13.8 Å². The maximum atomic E-state index is 10.9. The Morgan fingerprint density at radius 2 is 1.86 bits per heavy atom. The molecule has 4 rings (SSSR count). The molecule has 1 aromatic heterocycles. The van der Waals surface area contributed by atoms with Crippen LogP contribution in [0.5, 0.6) is 0 Å². The van der Waals surface area contributed by atoms with Gasteiger partial charge in [-0.2, -0.15) is 0 Å². The van der Waals surface area contributed by atoms with E-state index in [4.69, 9.17) is 16.3 Å². The normalized spacial score (nSPS) is 16.7. The first-order valence-electron chi connectivity index (χ1n) is 12.7. The summed E-state index contributed by atoms with van der Waals surface area (Å²) in [6.45, 7) is 19.4. The lowest BCUT2D eigenvalue weighted by atomic mass is 9.86. The van der Waals surface area contributed by atoms with Crippen molar-refractivity contribution in [2.24, 2.45) is 0 Å². The quantitative estimate of drug-likeness (QED) is 0.340. The predicted octanol–water partition coefficient (Wildman–Crippen LogP) is 7.28. The number of ether oxygens (including phenoxy) is 1. The Bertz CT molecular complexity index is 1280. The number of likely N-dealkylation sites (N-methyl/N-ethyl adjacent to an activating group) is 1. The molecule has 0 saturated carbocycles. The van der Waals surface area contributed by atoms with E-state index >= 15 is 0 Å². The van der Waals surface area contributed by atoms with Crippen LogP contribution in [0.2, 0.25) is 5.02 Å². The van der Waals surface area contributed by atoms with E-state index in [2.05, 4.69) is 74.0 Å². The topological polar surface area (TPSA) is 40.9 Å². The zero-order valence-electron chi connectivity index (χ0n) is 22.9. The predicted molar refractivity (Wildman–Crippen MR) is 153 cm³/mol. The second-order valence-corrected chi connectivity index (χ2v) is 11.8. The van der Waals surface area contributed by atoms with Crippen molar-refractivity contribution in [1.29, 1.82) is 0 Å². The Labute approximate surface area is 220 Å². The van der Waals surface area contributed by atoms with Gasteiger partial charge in [-0.1, -0.05) is 30.3 Å². The maximum Gasteiger partial charge on any atom is 0.140 e. The van der Waals surface area contributed by atoms with E-state index in [-0.39, 0.29) is 5.76 Å². The summed E-state index contributed by atoms with van der Waals surface area (Å²) in [5, 5.41) is 12.8. The average molecular weight is 510 g/mol. The van der Waals surface area contributed by atoms with Crippen LogP contribution < -0.4 is 4.90 Å². The highest BCUT2D eigenvalue weighted by molar-refractivity contribution is 6.30. The third-order valence-electron chi connectivity index (χ3n) is 7.05. The second-order valence-electron chi connectivity index (χ2n) is 11.4. The monoisotopic (exact) mass is 509 g/mol. The van der Waals surface area contributed by atoms with Gasteiger partial charge in [0.25, 0.3) is 0 Å². The molecule has 36 heavy (non-hydrogen) atoms. The van der Waals surface area contributed by atoms with Crippen molar-refractivity contribution in [3.05, 3.63) is 64.5 Å². The fourth-order valence-electron chi connectivity index (χ4n) is 5.47. The Morgan fingerprint density at radius 3 is 2.42 bits per heavy atom. The van der Waals surface area contributed by atoms with Crippen LogP contribution >= 0.6 is 11.6 Å². The van der Waals surface area contributed by atoms with Crippen LogP contribution in [0.3, 0.4) is 0 Å². The smallest absolute Gasteiger partial charge is 0.140 e. The summed E-state index contributed by atoms with van der Waals surface area (Å²) < 4.78 is 8.96. The fraction of sp³-hybridized carbons (Fsp3) is 0.467. The molecular formula is C30H40ClN3O2. The van der Waals surface area contributed by atoms with Crippen molar-refractivity contribution in [3.63, 3.8) is 0 Å². The molecule has 1 aliphatic rings. The van der Waals surface area contributed by atoms with Crippen molar-refractivity contribution in [1.82, 2.24) is 9.47 Å². The van der Waals surface area contributed by atoms with Gasteiger partial charge < -0.3 is 24.2 Å². The van der Waals surface area contributed by atoms with Crippen molar-refractivity contribution >= 4 is 28.2 Å². The molecule has 0 aliphatic carbocycles. The highest BCUT2D eigenvalue weighted by atomic mass is 35.5. The van der Waals surface area contributed by atoms with Crippen LogP contribution in [0.25, 0.3) is 22.0 Å². The number of aliphatic hydroxyl groups is 1. The van der Waals surface area contributed by atoms with Crippen molar-refractivity contribution < 1.29 is 9.84 Å². The summed E-state index contributed by atoms with van der Waals surface area (Å²) in [5.41, 5.74) is 7.40. The summed E-state index contributed by atoms with van der Waals surface area (Å²) in [4.78, 5) is 4.75. The first kappa shape index (κ1) is 26.6. The molecule has 3 aromatic rings. The summed E-state index contributed by atoms with van der Waals surface area (Å²) in [7, 11) is 4.23. The Kier molecular flexibility index (Phi) is 7.22. The molecule has 0 spiro atoms. The van der Waals surface area contributed by atoms with Crippen molar-refractivity contribution in [2.45, 2.75) is 65.8 Å². The van der Waals surface area contributed by atoms with E-state index in [1.54, 1.807) is 0 Å². The minimum Gasteiger partial charge on any atom is -0.510 e. The van der Waals surface area contributed by atoms with E-state index in [9.17, 15) is 5.11 Å². The highest BCUT2D eigenvalue weighted by Gasteiger charge is 2.35. The first-order valence-corrected chi connectivity index (χ1v) is 13.1. The molecule has 0 unspecified atom stereocenters. The minimum atomic E-state index is -0.673. The molecular weight excluding hydrogens is 470 g/mol. The largest absolute Gasteiger partial charge is 0.510 e. The van der Waals surface area contributed by atoms with E-state index in [1.165, 1.54) is 16.9 Å². The SMILES string of the molecule is C=C(O)[C@@H](OC(C)(C)C)c1c(C)c2c3c(cc(C)n3C[C@@H](C)N2CCN(C)C)c1-c1ccc(Cl)cc1. The zero-order valence-corrected chi connectivity index (χ0v) is 23.7. The standard InChI is InChI=1S/C30H40ClN3O2/c1-18-16-24-26(22-10-12-23(31)13-11-22)25(29(21(4)35)36-30(5,6)7)20(3)27-28(24)34(18)17-19(2)33(27)15-14-32(8)9/h10-13,16,19,29,35H,4,14-15,17H2,1-3,5-9H3/t19-,29-/m1/s1. The van der Waals surface area contributed by atoms with Gasteiger partial charge in [0.15, 0.2) is 0 Å². The minimum absolute atomic E-state index is 0.00893. The van der Waals surface area contributed by atoms with Crippen LogP contribution in [0.1, 0.15) is 50.6 Å². The van der Waals surface area contributed by atoms with Gasteiger partial charge in [-0.05, 0) is 90.5 Å². The summed E-state index contributed by atoms with van der Waals surface area (Å²) in [5.74, 6) is 0.00893. The second kappa shape index (κ2) is 9.77. The van der Waals surface area contributed by atoms with Gasteiger partial charge in [0.1, 0.15) is 11.9 Å². The van der Waals surface area contributed by atoms with E-state index in [0.717, 1.165) is 47.3 Å². The number of rotatable bonds is 7. The van der Waals surface area contributed by atoms with E-state index in [0.29, 0.717) is 11.1 Å². The number of aliphatic hydroxyl groups excluding tert-OH is 1. The van der Waals surface area contributed by atoms with Gasteiger partial charge in [-0.3, -0.25) is 0 Å². The van der Waals surface area contributed by atoms with E-state index < -0.39 is 11.7 Å². The average Bonchev–Trinajstić information content (AvgIpc) is 3.09. The molecule has 0 amide bonds. The molecule has 1 N–H and O–H groups in total. The molecule has 2 atom stereocenters. The van der Waals surface area contributed by atoms with Crippen molar-refractivity contribution in [2.75, 3.05) is 32.1 Å². The fourth-order valence-corrected chi connectivity index (χ4v) is 5.60. The summed E-state index contributed by atoms with van der Waals surface area (Å²) in [6, 6.07) is 10.6. The number of aryl methyl sites for hydroxylation is 1. The molecule has 0 bridgehead atoms. The number of halogens is 1. The van der Waals surface area contributed by atoms with Gasteiger partial charge in [-0.25, -0.2) is 0 Å². The number of aromatic nitrogens is 1. The maximum absolute atomic E-state index is 10.9. The number of nitrogens with zero attached hydrogens (tertiary/aromatic N) is 3. The van der Waals surface area contributed by atoms with Gasteiger partial charge in [0.05, 0.1) is 16.8 Å². The molecule has 2 aromatic carbocycles. The summed E-state index contributed by atoms with van der Waals surface area (Å²) in [6.07, 6.45) is -0.673. The van der Waals surface area contributed by atoms with Gasteiger partial charge in [0.2, 0.25) is 0 Å². The highest BCUT2D eigenvalue weighted by Crippen LogP contribution is 2.49. The third kappa shape index (κ3) is 4.89. The molecule has 0 fully saturated rings. The lowest BCUT2D eigenvalue weighted by Crippen LogP contribution is -2.44. The molecule has 6 heteroatoms. The molecule has 2 heterocycles. The number of benzene rings is 2. The lowest BCUT2D eigenvalue weighted by Gasteiger charge is -2.40. The molecule has 1 aliphatic heterocycles. The van der Waals surface area contributed by atoms with Crippen molar-refractivity contribution in [3.8, 4) is 11.1 Å². The first-order chi connectivity index (χ1) is 16.8. The Balaban J connectivity index is 2.12. The lowest BCUT2D eigenvalue weighted by molar-refractivity contribution is -0.0594. The molecule has 5 nitrogen and oxygen atoms in total.